The first kappa shape index (κ1) is 16.4. The lowest BCUT2D eigenvalue weighted by atomic mass is 10.3. The first-order valence-electron chi connectivity index (χ1n) is 5.78. The number of urea groups is 1. The summed E-state index contributed by atoms with van der Waals surface area (Å²) in [6.45, 7) is 6.74. The highest BCUT2D eigenvalue weighted by Gasteiger charge is 2.18. The van der Waals surface area contributed by atoms with Gasteiger partial charge in [-0.15, -0.1) is 0 Å². The Labute approximate surface area is 107 Å². The van der Waals surface area contributed by atoms with Crippen LogP contribution in [0.2, 0.25) is 0 Å². The number of carboxylic acids is 1. The molecule has 0 aliphatic rings. The van der Waals surface area contributed by atoms with Gasteiger partial charge >= 0.3 is 12.0 Å². The van der Waals surface area contributed by atoms with E-state index in [4.69, 9.17) is 5.11 Å². The third kappa shape index (κ3) is 7.61. The van der Waals surface area contributed by atoms with Crippen LogP contribution in [0.15, 0.2) is 0 Å². The minimum atomic E-state index is -1.01. The lowest BCUT2D eigenvalue weighted by molar-refractivity contribution is -0.139. The van der Waals surface area contributed by atoms with Crippen LogP contribution in [0.4, 0.5) is 4.79 Å². The molecule has 0 unspecified atom stereocenters. The van der Waals surface area contributed by atoms with Gasteiger partial charge < -0.3 is 10.4 Å². The summed E-state index contributed by atoms with van der Waals surface area (Å²) >= 11 is 0. The number of imide groups is 1. The van der Waals surface area contributed by atoms with E-state index in [0.717, 1.165) is 0 Å². The van der Waals surface area contributed by atoms with Crippen molar-refractivity contribution < 1.29 is 19.5 Å². The molecular formula is C11H21N3O4. The van der Waals surface area contributed by atoms with Gasteiger partial charge in [-0.2, -0.15) is 0 Å². The zero-order valence-corrected chi connectivity index (χ0v) is 11.2. The maximum absolute atomic E-state index is 11.5. The number of nitrogens with one attached hydrogen (secondary N) is 2. The highest BCUT2D eigenvalue weighted by atomic mass is 16.4. The summed E-state index contributed by atoms with van der Waals surface area (Å²) in [6.07, 6.45) is 0. The molecule has 0 heterocycles. The van der Waals surface area contributed by atoms with Gasteiger partial charge in [-0.05, 0) is 27.7 Å². The molecule has 0 spiro atoms. The Balaban J connectivity index is 4.25. The number of hydrogen-bond acceptors (Lipinski definition) is 4. The Bertz CT molecular complexity index is 315. The number of hydrogen-bond donors (Lipinski definition) is 3. The fourth-order valence-electron chi connectivity index (χ4n) is 1.24. The number of rotatable bonds is 6. The molecular weight excluding hydrogens is 238 g/mol. The van der Waals surface area contributed by atoms with Gasteiger partial charge in [0.1, 0.15) is 0 Å². The third-order valence-electron chi connectivity index (χ3n) is 2.09. The van der Waals surface area contributed by atoms with Crippen molar-refractivity contribution in [2.45, 2.75) is 39.8 Å². The molecule has 0 aromatic rings. The SMILES string of the molecule is CC(C)NC(=O)NC(=O)CN(CC(=O)O)C(C)C. The zero-order valence-electron chi connectivity index (χ0n) is 11.2. The summed E-state index contributed by atoms with van der Waals surface area (Å²) in [5, 5.41) is 13.4. The molecule has 0 saturated carbocycles. The number of carbonyl (C=O) groups is 3. The van der Waals surface area contributed by atoms with Crippen LogP contribution in [0.25, 0.3) is 0 Å². The van der Waals surface area contributed by atoms with E-state index in [1.54, 1.807) is 27.7 Å². The van der Waals surface area contributed by atoms with Crippen LogP contribution < -0.4 is 10.6 Å². The van der Waals surface area contributed by atoms with Crippen molar-refractivity contribution in [3.63, 3.8) is 0 Å². The van der Waals surface area contributed by atoms with Gasteiger partial charge in [0.2, 0.25) is 5.91 Å². The number of aliphatic carboxylic acids is 1. The fourth-order valence-corrected chi connectivity index (χ4v) is 1.24. The van der Waals surface area contributed by atoms with Gasteiger partial charge in [-0.3, -0.25) is 19.8 Å². The largest absolute Gasteiger partial charge is 0.480 e. The van der Waals surface area contributed by atoms with E-state index >= 15 is 0 Å². The molecule has 3 amide bonds. The number of carboxylic acid groups (broad SMARTS) is 1. The molecule has 0 rings (SSSR count). The van der Waals surface area contributed by atoms with Crippen LogP contribution in [-0.4, -0.2) is 53.1 Å². The number of amides is 3. The first-order chi connectivity index (χ1) is 8.22. The smallest absolute Gasteiger partial charge is 0.321 e. The molecule has 0 aliphatic heterocycles. The molecule has 0 saturated heterocycles. The van der Waals surface area contributed by atoms with E-state index in [9.17, 15) is 14.4 Å². The van der Waals surface area contributed by atoms with Crippen LogP contribution in [0.1, 0.15) is 27.7 Å². The molecule has 7 nitrogen and oxygen atoms in total. The van der Waals surface area contributed by atoms with E-state index in [1.807, 2.05) is 0 Å². The van der Waals surface area contributed by atoms with Crippen molar-refractivity contribution in [2.24, 2.45) is 0 Å². The maximum atomic E-state index is 11.5. The van der Waals surface area contributed by atoms with Gasteiger partial charge in [0, 0.05) is 12.1 Å². The Hall–Kier alpha value is -1.63. The van der Waals surface area contributed by atoms with E-state index in [2.05, 4.69) is 10.6 Å². The van der Waals surface area contributed by atoms with Crippen LogP contribution in [0.3, 0.4) is 0 Å². The second-order valence-electron chi connectivity index (χ2n) is 4.57. The average Bonchev–Trinajstić information content (AvgIpc) is 2.13. The Morgan fingerprint density at radius 3 is 2.06 bits per heavy atom. The summed E-state index contributed by atoms with van der Waals surface area (Å²) in [5.41, 5.74) is 0. The minimum Gasteiger partial charge on any atom is -0.480 e. The lowest BCUT2D eigenvalue weighted by Gasteiger charge is -2.23. The fraction of sp³-hybridized carbons (Fsp3) is 0.727. The predicted octanol–water partition coefficient (Wildman–Crippen LogP) is 0.0156. The Morgan fingerprint density at radius 1 is 1.11 bits per heavy atom. The monoisotopic (exact) mass is 259 g/mol. The van der Waals surface area contributed by atoms with E-state index in [1.165, 1.54) is 4.90 Å². The molecule has 0 fully saturated rings. The molecule has 0 bridgehead atoms. The zero-order chi connectivity index (χ0) is 14.3. The summed E-state index contributed by atoms with van der Waals surface area (Å²) in [5.74, 6) is -1.54. The normalized spacial score (nSPS) is 10.8. The topological polar surface area (TPSA) is 98.7 Å². The maximum Gasteiger partial charge on any atom is 0.321 e. The van der Waals surface area contributed by atoms with Crippen molar-refractivity contribution in [3.8, 4) is 0 Å². The van der Waals surface area contributed by atoms with Crippen molar-refractivity contribution in [1.29, 1.82) is 0 Å². The highest BCUT2D eigenvalue weighted by Crippen LogP contribution is 1.97. The predicted molar refractivity (Wildman–Crippen MR) is 66.2 cm³/mol. The van der Waals surface area contributed by atoms with Gasteiger partial charge in [-0.1, -0.05) is 0 Å². The summed E-state index contributed by atoms with van der Waals surface area (Å²) < 4.78 is 0. The molecule has 0 aromatic heterocycles. The molecule has 0 radical (unpaired) electrons. The van der Waals surface area contributed by atoms with Gasteiger partial charge in [0.15, 0.2) is 0 Å². The van der Waals surface area contributed by atoms with Crippen LogP contribution in [-0.2, 0) is 9.59 Å². The average molecular weight is 259 g/mol. The third-order valence-corrected chi connectivity index (χ3v) is 2.09. The van der Waals surface area contributed by atoms with E-state index in [-0.39, 0.29) is 25.2 Å². The molecule has 7 heteroatoms. The van der Waals surface area contributed by atoms with E-state index < -0.39 is 17.9 Å². The van der Waals surface area contributed by atoms with Crippen molar-refractivity contribution in [1.82, 2.24) is 15.5 Å². The summed E-state index contributed by atoms with van der Waals surface area (Å²) in [7, 11) is 0. The molecule has 104 valence electrons. The second kappa shape index (κ2) is 7.65. The summed E-state index contributed by atoms with van der Waals surface area (Å²) in [4.78, 5) is 34.9. The van der Waals surface area contributed by atoms with Crippen molar-refractivity contribution in [3.05, 3.63) is 0 Å². The number of nitrogens with zero attached hydrogens (tertiary/aromatic N) is 1. The minimum absolute atomic E-state index is 0.0713. The molecule has 18 heavy (non-hydrogen) atoms. The molecule has 0 atom stereocenters. The molecule has 0 aromatic carbocycles. The van der Waals surface area contributed by atoms with Gasteiger partial charge in [0.05, 0.1) is 13.1 Å². The summed E-state index contributed by atoms with van der Waals surface area (Å²) in [6, 6.07) is -0.743. The Kier molecular flexibility index (Phi) is 6.96. The van der Waals surface area contributed by atoms with Gasteiger partial charge in [0.25, 0.3) is 0 Å². The standard InChI is InChI=1S/C11H21N3O4/c1-7(2)12-11(18)13-9(15)5-14(8(3)4)6-10(16)17/h7-8H,5-6H2,1-4H3,(H,16,17)(H2,12,13,15,18). The van der Waals surface area contributed by atoms with Crippen LogP contribution in [0, 0.1) is 0 Å². The highest BCUT2D eigenvalue weighted by molar-refractivity contribution is 5.95. The van der Waals surface area contributed by atoms with Crippen molar-refractivity contribution >= 4 is 17.9 Å². The molecule has 0 aliphatic carbocycles. The Morgan fingerprint density at radius 2 is 1.67 bits per heavy atom. The van der Waals surface area contributed by atoms with Crippen LogP contribution >= 0.6 is 0 Å². The van der Waals surface area contributed by atoms with Gasteiger partial charge in [-0.25, -0.2) is 4.79 Å². The quantitative estimate of drug-likeness (QED) is 0.624. The number of carbonyl (C=O) groups excluding carboxylic acids is 2. The van der Waals surface area contributed by atoms with Crippen LogP contribution in [0.5, 0.6) is 0 Å². The second-order valence-corrected chi connectivity index (χ2v) is 4.57. The van der Waals surface area contributed by atoms with Crippen molar-refractivity contribution in [2.75, 3.05) is 13.1 Å². The first-order valence-corrected chi connectivity index (χ1v) is 5.78. The van der Waals surface area contributed by atoms with E-state index in [0.29, 0.717) is 0 Å². The molecule has 3 N–H and O–H groups in total. The lowest BCUT2D eigenvalue weighted by Crippen LogP contribution is -2.48.